The van der Waals surface area contributed by atoms with E-state index in [1.165, 1.54) is 7.11 Å². The molecule has 1 aliphatic rings. The maximum absolute atomic E-state index is 11.7. The first-order valence-electron chi connectivity index (χ1n) is 6.21. The number of carbonyl (C=O) groups is 1. The third kappa shape index (κ3) is 2.82. The number of hydrogen-bond acceptors (Lipinski definition) is 4. The topological polar surface area (TPSA) is 50.4 Å². The Hall–Kier alpha value is -1.55. The number of para-hydroxylation sites is 1. The Bertz CT molecular complexity index is 443. The highest BCUT2D eigenvalue weighted by molar-refractivity contribution is 5.95. The van der Waals surface area contributed by atoms with E-state index in [4.69, 9.17) is 4.74 Å². The molecule has 4 heteroatoms. The fraction of sp³-hybridized carbons (Fsp3) is 0.500. The lowest BCUT2D eigenvalue weighted by Gasteiger charge is -2.19. The second-order valence-electron chi connectivity index (χ2n) is 5.35. The molecule has 0 saturated carbocycles. The Morgan fingerprint density at radius 2 is 2.17 bits per heavy atom. The third-order valence-electron chi connectivity index (χ3n) is 3.28. The SMILES string of the molecule is COC(=O)c1ccccc1NC1CNC(C)(C)C1. The third-order valence-corrected chi connectivity index (χ3v) is 3.28. The number of benzene rings is 1. The Labute approximate surface area is 108 Å². The van der Waals surface area contributed by atoms with E-state index in [1.807, 2.05) is 18.2 Å². The first-order chi connectivity index (χ1) is 8.52. The zero-order chi connectivity index (χ0) is 13.2. The average Bonchev–Trinajstić information content (AvgIpc) is 2.68. The predicted molar refractivity (Wildman–Crippen MR) is 71.9 cm³/mol. The molecular weight excluding hydrogens is 228 g/mol. The molecule has 1 aliphatic heterocycles. The first-order valence-corrected chi connectivity index (χ1v) is 6.21. The summed E-state index contributed by atoms with van der Waals surface area (Å²) < 4.78 is 4.79. The van der Waals surface area contributed by atoms with Crippen LogP contribution in [0.2, 0.25) is 0 Å². The molecule has 1 unspecified atom stereocenters. The number of rotatable bonds is 3. The molecule has 1 fully saturated rings. The average molecular weight is 248 g/mol. The zero-order valence-corrected chi connectivity index (χ0v) is 11.1. The highest BCUT2D eigenvalue weighted by Crippen LogP contribution is 2.23. The van der Waals surface area contributed by atoms with Crippen LogP contribution >= 0.6 is 0 Å². The Morgan fingerprint density at radius 3 is 2.78 bits per heavy atom. The van der Waals surface area contributed by atoms with Crippen LogP contribution in [0.15, 0.2) is 24.3 Å². The fourth-order valence-corrected chi connectivity index (χ4v) is 2.38. The summed E-state index contributed by atoms with van der Waals surface area (Å²) >= 11 is 0. The number of carbonyl (C=O) groups excluding carboxylic acids is 1. The lowest BCUT2D eigenvalue weighted by atomic mass is 10.0. The number of esters is 1. The van der Waals surface area contributed by atoms with Gasteiger partial charge in [-0.3, -0.25) is 0 Å². The molecule has 0 spiro atoms. The van der Waals surface area contributed by atoms with Gasteiger partial charge in [0.2, 0.25) is 0 Å². The van der Waals surface area contributed by atoms with Crippen LogP contribution in [-0.2, 0) is 4.74 Å². The van der Waals surface area contributed by atoms with Gasteiger partial charge in [0.15, 0.2) is 0 Å². The van der Waals surface area contributed by atoms with Crippen molar-refractivity contribution in [3.8, 4) is 0 Å². The van der Waals surface area contributed by atoms with Crippen molar-refractivity contribution in [1.29, 1.82) is 0 Å². The summed E-state index contributed by atoms with van der Waals surface area (Å²) in [5.74, 6) is -0.302. The molecule has 1 heterocycles. The fourth-order valence-electron chi connectivity index (χ4n) is 2.38. The zero-order valence-electron chi connectivity index (χ0n) is 11.1. The Morgan fingerprint density at radius 1 is 1.44 bits per heavy atom. The summed E-state index contributed by atoms with van der Waals surface area (Å²) in [6, 6.07) is 7.79. The van der Waals surface area contributed by atoms with Crippen LogP contribution in [-0.4, -0.2) is 31.2 Å². The summed E-state index contributed by atoms with van der Waals surface area (Å²) in [5.41, 5.74) is 1.58. The van der Waals surface area contributed by atoms with E-state index in [0.29, 0.717) is 11.6 Å². The maximum Gasteiger partial charge on any atom is 0.339 e. The largest absolute Gasteiger partial charge is 0.465 e. The minimum Gasteiger partial charge on any atom is -0.465 e. The van der Waals surface area contributed by atoms with Crippen molar-refractivity contribution in [2.75, 3.05) is 19.0 Å². The van der Waals surface area contributed by atoms with Crippen molar-refractivity contribution in [2.45, 2.75) is 31.8 Å². The normalized spacial score (nSPS) is 21.6. The van der Waals surface area contributed by atoms with E-state index >= 15 is 0 Å². The summed E-state index contributed by atoms with van der Waals surface area (Å²) in [4.78, 5) is 11.7. The van der Waals surface area contributed by atoms with E-state index in [0.717, 1.165) is 18.7 Å². The first kappa shape index (κ1) is 12.9. The Balaban J connectivity index is 2.12. The van der Waals surface area contributed by atoms with Crippen molar-refractivity contribution < 1.29 is 9.53 Å². The second kappa shape index (κ2) is 4.98. The van der Waals surface area contributed by atoms with Crippen molar-refractivity contribution in [2.24, 2.45) is 0 Å². The molecule has 2 rings (SSSR count). The molecule has 1 saturated heterocycles. The Kier molecular flexibility index (Phi) is 3.57. The highest BCUT2D eigenvalue weighted by Gasteiger charge is 2.30. The number of anilines is 1. The molecule has 0 amide bonds. The van der Waals surface area contributed by atoms with E-state index in [-0.39, 0.29) is 11.5 Å². The van der Waals surface area contributed by atoms with Crippen molar-refractivity contribution in [1.82, 2.24) is 5.32 Å². The predicted octanol–water partition coefficient (Wildman–Crippen LogP) is 2.03. The summed E-state index contributed by atoms with van der Waals surface area (Å²) in [6.07, 6.45) is 1.03. The standard InChI is InChI=1S/C14H20N2O2/c1-14(2)8-10(9-15-14)16-12-7-5-4-6-11(12)13(17)18-3/h4-7,10,15-16H,8-9H2,1-3H3. The van der Waals surface area contributed by atoms with Crippen molar-refractivity contribution in [3.05, 3.63) is 29.8 Å². The minimum atomic E-state index is -0.302. The molecule has 1 aromatic rings. The minimum absolute atomic E-state index is 0.151. The smallest absolute Gasteiger partial charge is 0.339 e. The lowest BCUT2D eigenvalue weighted by Crippen LogP contribution is -2.31. The van der Waals surface area contributed by atoms with E-state index in [1.54, 1.807) is 6.07 Å². The number of methoxy groups -OCH3 is 1. The number of nitrogens with one attached hydrogen (secondary N) is 2. The van der Waals surface area contributed by atoms with E-state index in [2.05, 4.69) is 24.5 Å². The van der Waals surface area contributed by atoms with Crippen LogP contribution in [0.3, 0.4) is 0 Å². The van der Waals surface area contributed by atoms with Gasteiger partial charge in [0.05, 0.1) is 12.7 Å². The molecular formula is C14H20N2O2. The van der Waals surface area contributed by atoms with Gasteiger partial charge >= 0.3 is 5.97 Å². The molecule has 1 aromatic carbocycles. The van der Waals surface area contributed by atoms with E-state index < -0.39 is 0 Å². The summed E-state index contributed by atoms with van der Waals surface area (Å²) in [5, 5.41) is 6.87. The summed E-state index contributed by atoms with van der Waals surface area (Å²) in [7, 11) is 1.40. The quantitative estimate of drug-likeness (QED) is 0.804. The maximum atomic E-state index is 11.7. The van der Waals surface area contributed by atoms with Crippen LogP contribution in [0.25, 0.3) is 0 Å². The second-order valence-corrected chi connectivity index (χ2v) is 5.35. The van der Waals surface area contributed by atoms with Gasteiger partial charge in [0.1, 0.15) is 0 Å². The number of ether oxygens (including phenoxy) is 1. The van der Waals surface area contributed by atoms with Crippen LogP contribution < -0.4 is 10.6 Å². The van der Waals surface area contributed by atoms with Gasteiger partial charge in [-0.15, -0.1) is 0 Å². The van der Waals surface area contributed by atoms with Crippen LogP contribution in [0.5, 0.6) is 0 Å². The lowest BCUT2D eigenvalue weighted by molar-refractivity contribution is 0.0602. The van der Waals surface area contributed by atoms with Gasteiger partial charge in [-0.2, -0.15) is 0 Å². The van der Waals surface area contributed by atoms with Gasteiger partial charge in [0, 0.05) is 23.8 Å². The van der Waals surface area contributed by atoms with Crippen molar-refractivity contribution in [3.63, 3.8) is 0 Å². The van der Waals surface area contributed by atoms with Gasteiger partial charge in [0.25, 0.3) is 0 Å². The molecule has 1 atom stereocenters. The van der Waals surface area contributed by atoms with Gasteiger partial charge < -0.3 is 15.4 Å². The van der Waals surface area contributed by atoms with Gasteiger partial charge in [-0.05, 0) is 32.4 Å². The molecule has 98 valence electrons. The molecule has 0 aromatic heterocycles. The molecule has 0 aliphatic carbocycles. The molecule has 4 nitrogen and oxygen atoms in total. The van der Waals surface area contributed by atoms with Gasteiger partial charge in [-0.25, -0.2) is 4.79 Å². The van der Waals surface area contributed by atoms with Crippen molar-refractivity contribution >= 4 is 11.7 Å². The monoisotopic (exact) mass is 248 g/mol. The molecule has 0 bridgehead atoms. The molecule has 2 N–H and O–H groups in total. The van der Waals surface area contributed by atoms with Gasteiger partial charge in [-0.1, -0.05) is 12.1 Å². The van der Waals surface area contributed by atoms with Crippen LogP contribution in [0.4, 0.5) is 5.69 Å². The van der Waals surface area contributed by atoms with E-state index in [9.17, 15) is 4.79 Å². The molecule has 0 radical (unpaired) electrons. The molecule has 18 heavy (non-hydrogen) atoms. The van der Waals surface area contributed by atoms with Crippen LogP contribution in [0, 0.1) is 0 Å². The number of hydrogen-bond donors (Lipinski definition) is 2. The summed E-state index contributed by atoms with van der Waals surface area (Å²) in [6.45, 7) is 5.27. The van der Waals surface area contributed by atoms with Crippen LogP contribution in [0.1, 0.15) is 30.6 Å². The highest BCUT2D eigenvalue weighted by atomic mass is 16.5.